The zero-order chi connectivity index (χ0) is 20.4. The molecule has 0 bridgehead atoms. The van der Waals surface area contributed by atoms with Crippen molar-refractivity contribution in [2.24, 2.45) is 0 Å². The quantitative estimate of drug-likeness (QED) is 0.234. The molecular weight excluding hydrogens is 392 g/mol. The highest BCUT2D eigenvalue weighted by Crippen LogP contribution is 2.82. The Labute approximate surface area is 184 Å². The largest absolute Gasteiger partial charge is 0.130 e. The summed E-state index contributed by atoms with van der Waals surface area (Å²) >= 11 is 0. The van der Waals surface area contributed by atoms with Gasteiger partial charge < -0.3 is 0 Å². The van der Waals surface area contributed by atoms with E-state index in [1.807, 2.05) is 0 Å². The molecule has 0 atom stereocenters. The van der Waals surface area contributed by atoms with Crippen LogP contribution >= 0.6 is 10.0 Å². The second-order valence-electron chi connectivity index (χ2n) is 8.14. The van der Waals surface area contributed by atoms with Gasteiger partial charge in [0.1, 0.15) is 0 Å². The van der Waals surface area contributed by atoms with Gasteiger partial charge in [-0.05, 0) is 57.6 Å². The molecule has 5 aromatic rings. The van der Waals surface area contributed by atoms with Crippen LogP contribution in [0, 0.1) is 0 Å². The molecule has 7 rings (SSSR count). The summed E-state index contributed by atoms with van der Waals surface area (Å²) in [5.41, 5.74) is 8.13. The Kier molecular flexibility index (Phi) is 3.45. The summed E-state index contributed by atoms with van der Waals surface area (Å²) in [7, 11) is -1.60. The smallest absolute Gasteiger partial charge is 0.0102 e. The Hall–Kier alpha value is -3.55. The van der Waals surface area contributed by atoms with E-state index < -0.39 is 10.0 Å². The Balaban J connectivity index is 1.78. The van der Waals surface area contributed by atoms with Crippen LogP contribution in [0.1, 0.15) is 0 Å². The molecule has 0 unspecified atom stereocenters. The maximum absolute atomic E-state index is 2.38. The molecule has 5 aromatic carbocycles. The highest BCUT2D eigenvalue weighted by Gasteiger charge is 2.45. The zero-order valence-corrected chi connectivity index (χ0v) is 17.8. The van der Waals surface area contributed by atoms with Gasteiger partial charge in [-0.2, -0.15) is 0 Å². The summed E-state index contributed by atoms with van der Waals surface area (Å²) in [6.45, 7) is 0. The topological polar surface area (TPSA) is 0 Å². The molecule has 1 heteroatoms. The maximum Gasteiger partial charge on any atom is 0.0102 e. The fourth-order valence-electron chi connectivity index (χ4n) is 5.49. The molecule has 2 aliphatic rings. The molecule has 0 saturated carbocycles. The van der Waals surface area contributed by atoms with E-state index in [1.165, 1.54) is 53.0 Å². The van der Waals surface area contributed by atoms with E-state index in [4.69, 9.17) is 0 Å². The van der Waals surface area contributed by atoms with Crippen LogP contribution < -0.4 is 0 Å². The van der Waals surface area contributed by atoms with Crippen LogP contribution in [0.5, 0.6) is 0 Å². The van der Waals surface area contributed by atoms with Gasteiger partial charge in [0.2, 0.25) is 0 Å². The maximum atomic E-state index is 2.38. The van der Waals surface area contributed by atoms with Gasteiger partial charge >= 0.3 is 0 Å². The molecule has 0 aromatic heterocycles. The van der Waals surface area contributed by atoms with E-state index in [0.717, 1.165) is 0 Å². The minimum atomic E-state index is -1.60. The zero-order valence-electron chi connectivity index (χ0n) is 17.0. The lowest BCUT2D eigenvalue weighted by Crippen LogP contribution is -2.03. The molecule has 0 aliphatic carbocycles. The Morgan fingerprint density at radius 2 is 0.484 bits per heavy atom. The highest BCUT2D eigenvalue weighted by molar-refractivity contribution is 8.34. The first kappa shape index (κ1) is 17.2. The minimum absolute atomic E-state index is 1.33. The molecule has 0 N–H and O–H groups in total. The van der Waals surface area contributed by atoms with Crippen LogP contribution in [0.15, 0.2) is 141 Å². The number of rotatable bonds is 0. The molecule has 2 heterocycles. The molecule has 0 fully saturated rings. The van der Waals surface area contributed by atoms with Crippen molar-refractivity contribution in [3.8, 4) is 33.4 Å². The summed E-state index contributed by atoms with van der Waals surface area (Å²) in [6, 6.07) is 45.2. The fourth-order valence-corrected chi connectivity index (χ4v) is 10.1. The van der Waals surface area contributed by atoms with Crippen LogP contribution in [0.2, 0.25) is 0 Å². The second kappa shape index (κ2) is 6.23. The average Bonchev–Trinajstić information content (AvgIpc) is 3.09. The van der Waals surface area contributed by atoms with E-state index >= 15 is 0 Å². The van der Waals surface area contributed by atoms with Gasteiger partial charge in [0.15, 0.2) is 0 Å². The van der Waals surface area contributed by atoms with Crippen molar-refractivity contribution in [2.75, 3.05) is 0 Å². The van der Waals surface area contributed by atoms with Gasteiger partial charge in [-0.25, -0.2) is 0 Å². The van der Waals surface area contributed by atoms with E-state index in [-0.39, 0.29) is 0 Å². The molecule has 0 amide bonds. The van der Waals surface area contributed by atoms with Crippen LogP contribution in [0.3, 0.4) is 0 Å². The molecule has 1 spiro atoms. The van der Waals surface area contributed by atoms with Crippen molar-refractivity contribution in [3.63, 3.8) is 0 Å². The Morgan fingerprint density at radius 3 is 0.806 bits per heavy atom. The molecule has 146 valence electrons. The predicted molar refractivity (Wildman–Crippen MR) is 130 cm³/mol. The van der Waals surface area contributed by atoms with Gasteiger partial charge in [0.05, 0.1) is 0 Å². The van der Waals surface area contributed by atoms with Crippen molar-refractivity contribution < 1.29 is 0 Å². The van der Waals surface area contributed by atoms with Crippen molar-refractivity contribution in [2.45, 2.75) is 19.6 Å². The first-order chi connectivity index (χ1) is 15.4. The first-order valence-electron chi connectivity index (χ1n) is 10.7. The Morgan fingerprint density at radius 1 is 0.258 bits per heavy atom. The van der Waals surface area contributed by atoms with E-state index in [0.29, 0.717) is 0 Å². The lowest BCUT2D eigenvalue weighted by atomic mass is 9.95. The van der Waals surface area contributed by atoms with Crippen molar-refractivity contribution >= 4 is 10.0 Å². The van der Waals surface area contributed by atoms with E-state index in [2.05, 4.69) is 121 Å². The summed E-state index contributed by atoms with van der Waals surface area (Å²) in [6.07, 6.45) is 0. The standard InChI is InChI=1S/C30H20S/c1-2-12-22-21(11-1)23-13-3-7-17-27(23)31(28-18-8-4-14-24(22)28)29-19-9-5-15-25(29)26-16-6-10-20-30(26)31/h1-20H. The van der Waals surface area contributed by atoms with Crippen LogP contribution in [-0.2, 0) is 0 Å². The van der Waals surface area contributed by atoms with Gasteiger partial charge in [-0.1, -0.05) is 97.1 Å². The predicted octanol–water partition coefficient (Wildman–Crippen LogP) is 8.66. The first-order valence-corrected chi connectivity index (χ1v) is 12.3. The van der Waals surface area contributed by atoms with Gasteiger partial charge in [0.25, 0.3) is 0 Å². The molecule has 31 heavy (non-hydrogen) atoms. The third-order valence-corrected chi connectivity index (χ3v) is 10.7. The van der Waals surface area contributed by atoms with E-state index in [1.54, 1.807) is 0 Å². The third kappa shape index (κ3) is 2.07. The second-order valence-corrected chi connectivity index (χ2v) is 11.1. The van der Waals surface area contributed by atoms with Crippen molar-refractivity contribution in [1.82, 2.24) is 0 Å². The monoisotopic (exact) mass is 412 g/mol. The summed E-state index contributed by atoms with van der Waals surface area (Å²) < 4.78 is 0. The van der Waals surface area contributed by atoms with Gasteiger partial charge in [-0.15, -0.1) is 10.0 Å². The lowest BCUT2D eigenvalue weighted by Gasteiger charge is -2.40. The normalized spacial score (nSPS) is 15.1. The van der Waals surface area contributed by atoms with Gasteiger partial charge in [-0.3, -0.25) is 0 Å². The fraction of sp³-hybridized carbons (Fsp3) is 0. The van der Waals surface area contributed by atoms with Crippen LogP contribution in [-0.4, -0.2) is 0 Å². The van der Waals surface area contributed by atoms with Gasteiger partial charge in [0, 0.05) is 19.6 Å². The lowest BCUT2D eigenvalue weighted by molar-refractivity contribution is 1.31. The Bertz CT molecular complexity index is 1380. The van der Waals surface area contributed by atoms with Crippen LogP contribution in [0.4, 0.5) is 0 Å². The number of fused-ring (bicyclic) bond motifs is 12. The summed E-state index contributed by atoms with van der Waals surface area (Å²) in [4.78, 5) is 5.82. The molecule has 0 saturated heterocycles. The molecule has 2 aliphatic heterocycles. The molecule has 0 radical (unpaired) electrons. The number of benzene rings is 5. The molecule has 0 nitrogen and oxygen atoms in total. The van der Waals surface area contributed by atoms with E-state index in [9.17, 15) is 0 Å². The summed E-state index contributed by atoms with van der Waals surface area (Å²) in [5, 5.41) is 0. The molecular formula is C30H20S. The van der Waals surface area contributed by atoms with Crippen molar-refractivity contribution in [1.29, 1.82) is 0 Å². The van der Waals surface area contributed by atoms with Crippen molar-refractivity contribution in [3.05, 3.63) is 121 Å². The highest BCUT2D eigenvalue weighted by atomic mass is 32.3. The number of hydrogen-bond acceptors (Lipinski definition) is 0. The number of hydrogen-bond donors (Lipinski definition) is 0. The average molecular weight is 413 g/mol. The van der Waals surface area contributed by atoms with Crippen LogP contribution in [0.25, 0.3) is 33.4 Å². The summed E-state index contributed by atoms with van der Waals surface area (Å²) in [5.74, 6) is 0. The third-order valence-electron chi connectivity index (χ3n) is 6.67. The SMILES string of the molecule is c1ccc2c(c1)-c1ccccc1S1(c3ccccc3-2)c2ccccc2-c2ccccc21. The minimum Gasteiger partial charge on any atom is -0.130 e.